The molecule has 0 spiro atoms. The average molecular weight is 402 g/mol. The first-order chi connectivity index (χ1) is 14.7. The van der Waals surface area contributed by atoms with Crippen LogP contribution in [0.3, 0.4) is 0 Å². The van der Waals surface area contributed by atoms with E-state index in [1.807, 2.05) is 17.0 Å². The minimum Gasteiger partial charge on any atom is -0.493 e. The quantitative estimate of drug-likeness (QED) is 0.585. The molecule has 1 saturated heterocycles. The summed E-state index contributed by atoms with van der Waals surface area (Å²) < 4.78 is 11.6. The van der Waals surface area contributed by atoms with Crippen molar-refractivity contribution < 1.29 is 14.3 Å². The number of aryl methyl sites for hydroxylation is 1. The molecule has 4 rings (SSSR count). The number of pyridine rings is 1. The number of methoxy groups -OCH3 is 1. The summed E-state index contributed by atoms with van der Waals surface area (Å²) in [6, 6.07) is 18.1. The van der Waals surface area contributed by atoms with E-state index in [2.05, 4.69) is 42.2 Å². The second-order valence-electron chi connectivity index (χ2n) is 7.52. The third-order valence-electron chi connectivity index (χ3n) is 5.56. The zero-order chi connectivity index (χ0) is 20.9. The molecule has 30 heavy (non-hydrogen) atoms. The van der Waals surface area contributed by atoms with E-state index in [4.69, 9.17) is 9.47 Å². The number of nitrogens with zero attached hydrogens (tertiary/aromatic N) is 2. The highest BCUT2D eigenvalue weighted by atomic mass is 16.5. The van der Waals surface area contributed by atoms with E-state index in [9.17, 15) is 4.79 Å². The van der Waals surface area contributed by atoms with Crippen molar-refractivity contribution in [1.82, 2.24) is 9.88 Å². The number of carbonyl (C=O) groups is 1. The van der Waals surface area contributed by atoms with Crippen LogP contribution in [0.5, 0.6) is 11.5 Å². The van der Waals surface area contributed by atoms with Crippen molar-refractivity contribution in [3.8, 4) is 11.5 Å². The van der Waals surface area contributed by atoms with Gasteiger partial charge in [0.25, 0.3) is 5.91 Å². The lowest BCUT2D eigenvalue weighted by atomic mass is 9.90. The van der Waals surface area contributed by atoms with Gasteiger partial charge in [0.05, 0.1) is 12.7 Å². The molecule has 1 fully saturated rings. The number of hydrogen-bond acceptors (Lipinski definition) is 4. The second kappa shape index (κ2) is 8.99. The van der Waals surface area contributed by atoms with E-state index in [0.29, 0.717) is 31.2 Å². The van der Waals surface area contributed by atoms with Crippen LogP contribution in [-0.2, 0) is 13.0 Å². The predicted octanol–water partition coefficient (Wildman–Crippen LogP) is 4.47. The molecular formula is C25H26N2O3. The summed E-state index contributed by atoms with van der Waals surface area (Å²) in [5.74, 6) is 1.77. The van der Waals surface area contributed by atoms with Gasteiger partial charge >= 0.3 is 0 Å². The Hall–Kier alpha value is -3.34. The van der Waals surface area contributed by atoms with Gasteiger partial charge in [-0.15, -0.1) is 0 Å². The highest BCUT2D eigenvalue weighted by Gasteiger charge is 2.32. The molecule has 154 valence electrons. The van der Waals surface area contributed by atoms with Crippen molar-refractivity contribution >= 4 is 5.91 Å². The molecule has 3 aromatic rings. The Kier molecular flexibility index (Phi) is 5.98. The van der Waals surface area contributed by atoms with Crippen molar-refractivity contribution in [1.29, 1.82) is 0 Å². The maximum Gasteiger partial charge on any atom is 0.255 e. The molecule has 0 aliphatic carbocycles. The topological polar surface area (TPSA) is 51.7 Å². The molecule has 1 amide bonds. The molecule has 2 aromatic carbocycles. The van der Waals surface area contributed by atoms with Gasteiger partial charge < -0.3 is 14.4 Å². The number of amides is 1. The Morgan fingerprint density at radius 2 is 1.83 bits per heavy atom. The monoisotopic (exact) mass is 402 g/mol. The first kappa shape index (κ1) is 20.0. The molecule has 0 radical (unpaired) electrons. The Morgan fingerprint density at radius 1 is 1.07 bits per heavy atom. The summed E-state index contributed by atoms with van der Waals surface area (Å²) in [5, 5.41) is 0. The fourth-order valence-electron chi connectivity index (χ4n) is 3.62. The average Bonchev–Trinajstić information content (AvgIpc) is 2.77. The molecule has 0 unspecified atom stereocenters. The van der Waals surface area contributed by atoms with E-state index in [-0.39, 0.29) is 5.91 Å². The van der Waals surface area contributed by atoms with Gasteiger partial charge in [-0.1, -0.05) is 37.3 Å². The molecule has 2 heterocycles. The van der Waals surface area contributed by atoms with Crippen molar-refractivity contribution in [2.45, 2.75) is 25.9 Å². The van der Waals surface area contributed by atoms with Crippen molar-refractivity contribution in [3.63, 3.8) is 0 Å². The van der Waals surface area contributed by atoms with E-state index in [0.717, 1.165) is 29.0 Å². The Balaban J connectivity index is 1.37. The maximum atomic E-state index is 12.5. The van der Waals surface area contributed by atoms with Crippen molar-refractivity contribution in [2.24, 2.45) is 0 Å². The zero-order valence-electron chi connectivity index (χ0n) is 17.4. The molecule has 5 nitrogen and oxygen atoms in total. The summed E-state index contributed by atoms with van der Waals surface area (Å²) in [7, 11) is 1.65. The van der Waals surface area contributed by atoms with Gasteiger partial charge in [0.1, 0.15) is 6.61 Å². The molecule has 1 aromatic heterocycles. The summed E-state index contributed by atoms with van der Waals surface area (Å²) in [4.78, 5) is 18.4. The zero-order valence-corrected chi connectivity index (χ0v) is 17.4. The Labute approximate surface area is 177 Å². The molecule has 5 heteroatoms. The Bertz CT molecular complexity index is 997. The molecule has 0 N–H and O–H groups in total. The lowest BCUT2D eigenvalue weighted by Gasteiger charge is -2.39. The summed E-state index contributed by atoms with van der Waals surface area (Å²) in [6.45, 7) is 4.03. The van der Waals surface area contributed by atoms with Crippen LogP contribution in [0.1, 0.15) is 39.9 Å². The molecule has 0 atom stereocenters. The molecule has 0 bridgehead atoms. The minimum atomic E-state index is 0.0281. The predicted molar refractivity (Wildman–Crippen MR) is 116 cm³/mol. The van der Waals surface area contributed by atoms with Crippen LogP contribution in [0.25, 0.3) is 0 Å². The van der Waals surface area contributed by atoms with E-state index < -0.39 is 0 Å². The second-order valence-corrected chi connectivity index (χ2v) is 7.52. The highest BCUT2D eigenvalue weighted by Crippen LogP contribution is 2.35. The fraction of sp³-hybridized carbons (Fsp3) is 0.280. The van der Waals surface area contributed by atoms with Gasteiger partial charge in [-0.2, -0.15) is 0 Å². The number of likely N-dealkylation sites (tertiary alicyclic amines) is 1. The fourth-order valence-corrected chi connectivity index (χ4v) is 3.62. The van der Waals surface area contributed by atoms with Crippen LogP contribution < -0.4 is 9.47 Å². The SMILES string of the molecule is CCc1ccc(COc2ccc(C3CN(C(=O)c4cccnc4)C3)cc2OC)cc1. The molecule has 1 aliphatic rings. The lowest BCUT2D eigenvalue weighted by Crippen LogP contribution is -2.48. The maximum absolute atomic E-state index is 12.5. The standard InChI is InChI=1S/C25H26N2O3/c1-3-18-6-8-19(9-7-18)17-30-23-11-10-20(13-24(23)29-2)22-15-27(16-22)25(28)21-5-4-12-26-14-21/h4-14,22H,3,15-17H2,1-2H3. The van der Waals surface area contributed by atoms with Gasteiger partial charge in [-0.05, 0) is 47.4 Å². The van der Waals surface area contributed by atoms with Crippen LogP contribution in [0, 0.1) is 0 Å². The minimum absolute atomic E-state index is 0.0281. The van der Waals surface area contributed by atoms with Crippen LogP contribution in [0.4, 0.5) is 0 Å². The Morgan fingerprint density at radius 3 is 2.50 bits per heavy atom. The van der Waals surface area contributed by atoms with E-state index in [1.165, 1.54) is 5.56 Å². The normalized spacial score (nSPS) is 13.6. The van der Waals surface area contributed by atoms with Crippen LogP contribution in [0.15, 0.2) is 67.0 Å². The number of ether oxygens (including phenoxy) is 2. The smallest absolute Gasteiger partial charge is 0.255 e. The van der Waals surface area contributed by atoms with E-state index >= 15 is 0 Å². The van der Waals surface area contributed by atoms with Gasteiger partial charge in [-0.3, -0.25) is 9.78 Å². The number of rotatable bonds is 7. The summed E-state index contributed by atoms with van der Waals surface area (Å²) in [5.41, 5.74) is 4.23. The number of benzene rings is 2. The van der Waals surface area contributed by atoms with Crippen molar-refractivity contribution in [2.75, 3.05) is 20.2 Å². The molecule has 1 aliphatic heterocycles. The van der Waals surface area contributed by atoms with Crippen LogP contribution in [0.2, 0.25) is 0 Å². The van der Waals surface area contributed by atoms with Gasteiger partial charge in [0.2, 0.25) is 0 Å². The number of aromatic nitrogens is 1. The third kappa shape index (κ3) is 4.30. The van der Waals surface area contributed by atoms with Gasteiger partial charge in [0, 0.05) is 31.4 Å². The first-order valence-electron chi connectivity index (χ1n) is 10.3. The van der Waals surface area contributed by atoms with Gasteiger partial charge in [-0.25, -0.2) is 0 Å². The lowest BCUT2D eigenvalue weighted by molar-refractivity contribution is 0.0601. The number of carbonyl (C=O) groups excluding carboxylic acids is 1. The highest BCUT2D eigenvalue weighted by molar-refractivity contribution is 5.94. The molecular weight excluding hydrogens is 376 g/mol. The van der Waals surface area contributed by atoms with Gasteiger partial charge in [0.15, 0.2) is 11.5 Å². The van der Waals surface area contributed by atoms with E-state index in [1.54, 1.807) is 31.6 Å². The third-order valence-corrected chi connectivity index (χ3v) is 5.56. The van der Waals surface area contributed by atoms with Crippen LogP contribution in [-0.4, -0.2) is 36.0 Å². The first-order valence-corrected chi connectivity index (χ1v) is 10.3. The molecule has 0 saturated carbocycles. The van der Waals surface area contributed by atoms with Crippen molar-refractivity contribution in [3.05, 3.63) is 89.2 Å². The largest absolute Gasteiger partial charge is 0.493 e. The van der Waals surface area contributed by atoms with Crippen LogP contribution >= 0.6 is 0 Å². The summed E-state index contributed by atoms with van der Waals surface area (Å²) >= 11 is 0. The summed E-state index contributed by atoms with van der Waals surface area (Å²) in [6.07, 6.45) is 4.31. The number of hydrogen-bond donors (Lipinski definition) is 0.